The molecule has 0 aliphatic heterocycles. The lowest BCUT2D eigenvalue weighted by Gasteiger charge is -2.13. The number of hydrogen-bond donors (Lipinski definition) is 1. The molecule has 19 heavy (non-hydrogen) atoms. The highest BCUT2D eigenvalue weighted by Gasteiger charge is 2.10. The van der Waals surface area contributed by atoms with Crippen molar-refractivity contribution in [1.29, 1.82) is 0 Å². The minimum Gasteiger partial charge on any atom is -0.488 e. The third-order valence-electron chi connectivity index (χ3n) is 2.89. The molecule has 0 saturated heterocycles. The molecule has 0 amide bonds. The lowest BCUT2D eigenvalue weighted by atomic mass is 10.1. The van der Waals surface area contributed by atoms with Crippen LogP contribution in [-0.4, -0.2) is 16.2 Å². The predicted molar refractivity (Wildman–Crippen MR) is 81.6 cm³/mol. The number of ether oxygens (including phenoxy) is 1. The highest BCUT2D eigenvalue weighted by Crippen LogP contribution is 2.07. The van der Waals surface area contributed by atoms with Gasteiger partial charge in [0.05, 0.1) is 11.6 Å². The summed E-state index contributed by atoms with van der Waals surface area (Å²) in [5.74, 6) is 0.928. The zero-order valence-electron chi connectivity index (χ0n) is 11.8. The maximum atomic E-state index is 12.2. The monoisotopic (exact) mass is 282 g/mol. The maximum absolute atomic E-state index is 12.2. The first kappa shape index (κ1) is 15.7. The summed E-state index contributed by atoms with van der Waals surface area (Å²) >= 11 is 4.92. The third kappa shape index (κ3) is 5.03. The summed E-state index contributed by atoms with van der Waals surface area (Å²) in [7, 11) is 0. The number of aromatic nitrogens is 1. The Kier molecular flexibility index (Phi) is 6.02. The van der Waals surface area contributed by atoms with Gasteiger partial charge in [-0.2, -0.15) is 0 Å². The molecule has 0 aromatic carbocycles. The van der Waals surface area contributed by atoms with Gasteiger partial charge in [-0.15, -0.1) is 0 Å². The zero-order valence-corrected chi connectivity index (χ0v) is 12.6. The van der Waals surface area contributed by atoms with E-state index in [9.17, 15) is 4.79 Å². The molecule has 0 aliphatic carbocycles. The maximum Gasteiger partial charge on any atom is 0.292 e. The van der Waals surface area contributed by atoms with Gasteiger partial charge in [0.1, 0.15) is 0 Å². The van der Waals surface area contributed by atoms with E-state index in [2.05, 4.69) is 13.8 Å². The molecule has 0 saturated carbocycles. The topological polar surface area (TPSA) is 57.2 Å². The van der Waals surface area contributed by atoms with Gasteiger partial charge in [0.2, 0.25) is 0 Å². The Bertz CT molecular complexity index is 483. The fourth-order valence-corrected chi connectivity index (χ4v) is 1.63. The number of thiocarbonyl (C=S) groups is 1. The van der Waals surface area contributed by atoms with Crippen molar-refractivity contribution < 1.29 is 4.74 Å². The van der Waals surface area contributed by atoms with Gasteiger partial charge in [-0.1, -0.05) is 33.0 Å². The number of nitrogens with two attached hydrogens (primary N) is 1. The molecule has 0 aliphatic rings. The second-order valence-electron chi connectivity index (χ2n) is 5.16. The van der Waals surface area contributed by atoms with Crippen LogP contribution in [0.1, 0.15) is 27.2 Å². The quantitative estimate of drug-likeness (QED) is 0.779. The van der Waals surface area contributed by atoms with Crippen LogP contribution in [0.2, 0.25) is 0 Å². The van der Waals surface area contributed by atoms with Crippen LogP contribution in [0.4, 0.5) is 0 Å². The van der Waals surface area contributed by atoms with Gasteiger partial charge in [-0.3, -0.25) is 4.79 Å². The summed E-state index contributed by atoms with van der Waals surface area (Å²) in [5, 5.41) is 0. The van der Waals surface area contributed by atoms with E-state index >= 15 is 0 Å². The highest BCUT2D eigenvalue weighted by molar-refractivity contribution is 7.80. The van der Waals surface area contributed by atoms with Gasteiger partial charge in [-0.05, 0) is 24.5 Å². The molecule has 2 N–H and O–H groups in total. The van der Waals surface area contributed by atoms with Crippen LogP contribution < -0.4 is 16.0 Å². The van der Waals surface area contributed by atoms with Crippen molar-refractivity contribution in [1.82, 2.24) is 4.57 Å². The molecule has 1 rings (SSSR count). The van der Waals surface area contributed by atoms with Crippen molar-refractivity contribution in [3.63, 3.8) is 0 Å². The molecule has 1 aromatic rings. The largest absolute Gasteiger partial charge is 0.488 e. The highest BCUT2D eigenvalue weighted by atomic mass is 32.1. The molecule has 4 nitrogen and oxygen atoms in total. The van der Waals surface area contributed by atoms with E-state index in [1.807, 2.05) is 6.92 Å². The van der Waals surface area contributed by atoms with E-state index in [-0.39, 0.29) is 11.5 Å². The lowest BCUT2D eigenvalue weighted by Crippen LogP contribution is -2.29. The van der Waals surface area contributed by atoms with Gasteiger partial charge >= 0.3 is 0 Å². The number of rotatable bonds is 7. The molecule has 1 aromatic heterocycles. The van der Waals surface area contributed by atoms with Gasteiger partial charge in [0, 0.05) is 18.7 Å². The average Bonchev–Trinajstić information content (AvgIpc) is 2.33. The van der Waals surface area contributed by atoms with Crippen molar-refractivity contribution >= 4 is 17.2 Å². The minimum absolute atomic E-state index is 0.0152. The van der Waals surface area contributed by atoms with Crippen LogP contribution in [-0.2, 0) is 6.54 Å². The van der Waals surface area contributed by atoms with Crippen LogP contribution >= 0.6 is 12.2 Å². The number of pyridine rings is 1. The predicted octanol–water partition coefficient (Wildman–Crippen LogP) is 2.20. The summed E-state index contributed by atoms with van der Waals surface area (Å²) in [6.07, 6.45) is 2.66. The van der Waals surface area contributed by atoms with Gasteiger partial charge < -0.3 is 15.0 Å². The fourth-order valence-electron chi connectivity index (χ4n) is 1.56. The second kappa shape index (κ2) is 7.28. The average molecular weight is 282 g/mol. The van der Waals surface area contributed by atoms with Crippen LogP contribution in [0.25, 0.3) is 0 Å². The molecule has 1 atom stereocenters. The molecular formula is C14H22N2O2S. The molecule has 5 heteroatoms. The number of nitrogens with zero attached hydrogens (tertiary/aromatic N) is 1. The van der Waals surface area contributed by atoms with Gasteiger partial charge in [0.15, 0.2) is 5.75 Å². The van der Waals surface area contributed by atoms with Crippen molar-refractivity contribution in [3.8, 4) is 5.75 Å². The molecule has 106 valence electrons. The van der Waals surface area contributed by atoms with Crippen LogP contribution in [0, 0.1) is 11.8 Å². The Hall–Kier alpha value is -1.36. The summed E-state index contributed by atoms with van der Waals surface area (Å²) in [6.45, 7) is 7.19. The van der Waals surface area contributed by atoms with E-state index in [1.165, 1.54) is 0 Å². The van der Waals surface area contributed by atoms with Crippen molar-refractivity contribution in [2.45, 2.75) is 33.7 Å². The Morgan fingerprint density at radius 2 is 2.16 bits per heavy atom. The zero-order chi connectivity index (χ0) is 14.4. The normalized spacial score (nSPS) is 12.4. The third-order valence-corrected chi connectivity index (χ3v) is 3.30. The Labute approximate surface area is 119 Å². The second-order valence-corrected chi connectivity index (χ2v) is 5.64. The first-order valence-corrected chi connectivity index (χ1v) is 6.94. The van der Waals surface area contributed by atoms with Gasteiger partial charge in [-0.25, -0.2) is 0 Å². The summed E-state index contributed by atoms with van der Waals surface area (Å²) in [4.78, 5) is 12.6. The van der Waals surface area contributed by atoms with E-state index in [0.29, 0.717) is 29.8 Å². The van der Waals surface area contributed by atoms with E-state index < -0.39 is 0 Å². The summed E-state index contributed by atoms with van der Waals surface area (Å²) in [5.41, 5.74) is 5.44. The molecule has 0 radical (unpaired) electrons. The molecule has 0 bridgehead atoms. The molecule has 1 heterocycles. The van der Waals surface area contributed by atoms with Crippen molar-refractivity contribution in [2.75, 3.05) is 6.61 Å². The van der Waals surface area contributed by atoms with Crippen LogP contribution in [0.5, 0.6) is 5.75 Å². The first-order chi connectivity index (χ1) is 8.91. The summed E-state index contributed by atoms with van der Waals surface area (Å²) in [6, 6.07) is 3.50. The smallest absolute Gasteiger partial charge is 0.292 e. The Morgan fingerprint density at radius 3 is 2.74 bits per heavy atom. The summed E-state index contributed by atoms with van der Waals surface area (Å²) < 4.78 is 7.12. The van der Waals surface area contributed by atoms with E-state index in [0.717, 1.165) is 6.42 Å². The SMILES string of the molecule is CC(C)CCOc1cccn(CC(C)C(N)=S)c1=O. The standard InChI is InChI=1S/C14H22N2O2S/c1-10(2)6-8-18-12-5-4-7-16(14(12)17)9-11(3)13(15)19/h4-5,7,10-11H,6,8-9H2,1-3H3,(H2,15,19). The molecule has 1 unspecified atom stereocenters. The van der Waals surface area contributed by atoms with Gasteiger partial charge in [0.25, 0.3) is 5.56 Å². The molecular weight excluding hydrogens is 260 g/mol. The van der Waals surface area contributed by atoms with E-state index in [4.69, 9.17) is 22.7 Å². The lowest BCUT2D eigenvalue weighted by molar-refractivity contribution is 0.283. The van der Waals surface area contributed by atoms with E-state index in [1.54, 1.807) is 22.9 Å². The first-order valence-electron chi connectivity index (χ1n) is 6.53. The van der Waals surface area contributed by atoms with Crippen LogP contribution in [0.3, 0.4) is 0 Å². The molecule has 0 spiro atoms. The fraction of sp³-hybridized carbons (Fsp3) is 0.571. The van der Waals surface area contributed by atoms with Crippen molar-refractivity contribution in [3.05, 3.63) is 28.7 Å². The molecule has 0 fully saturated rings. The Balaban J connectivity index is 2.75. The van der Waals surface area contributed by atoms with Crippen molar-refractivity contribution in [2.24, 2.45) is 17.6 Å². The minimum atomic E-state index is -0.130. The Morgan fingerprint density at radius 1 is 1.47 bits per heavy atom. The number of hydrogen-bond acceptors (Lipinski definition) is 3. The van der Waals surface area contributed by atoms with Crippen LogP contribution in [0.15, 0.2) is 23.1 Å².